The SMILES string of the molecule is Cn1nc2c(c1Br)C(CC(=O)O)CCC2. The van der Waals surface area contributed by atoms with E-state index >= 15 is 0 Å². The van der Waals surface area contributed by atoms with E-state index in [4.69, 9.17) is 5.11 Å². The van der Waals surface area contributed by atoms with Gasteiger partial charge >= 0.3 is 5.97 Å². The van der Waals surface area contributed by atoms with Crippen LogP contribution in [0.15, 0.2) is 4.60 Å². The van der Waals surface area contributed by atoms with E-state index in [-0.39, 0.29) is 12.3 Å². The Morgan fingerprint density at radius 1 is 1.73 bits per heavy atom. The van der Waals surface area contributed by atoms with Crippen LogP contribution in [0.1, 0.15) is 36.4 Å². The van der Waals surface area contributed by atoms with Crippen molar-refractivity contribution in [1.29, 1.82) is 0 Å². The van der Waals surface area contributed by atoms with Gasteiger partial charge in [-0.15, -0.1) is 0 Å². The lowest BCUT2D eigenvalue weighted by Crippen LogP contribution is -2.12. The first-order valence-electron chi connectivity index (χ1n) is 5.02. The van der Waals surface area contributed by atoms with Gasteiger partial charge in [0.25, 0.3) is 0 Å². The summed E-state index contributed by atoms with van der Waals surface area (Å²) in [6, 6.07) is 0. The van der Waals surface area contributed by atoms with Crippen LogP contribution in [0.25, 0.3) is 0 Å². The van der Waals surface area contributed by atoms with Crippen molar-refractivity contribution in [3.05, 3.63) is 15.9 Å². The molecule has 1 atom stereocenters. The molecule has 0 amide bonds. The van der Waals surface area contributed by atoms with E-state index in [9.17, 15) is 4.79 Å². The monoisotopic (exact) mass is 272 g/mol. The van der Waals surface area contributed by atoms with Crippen LogP contribution in [0.3, 0.4) is 0 Å². The number of aliphatic carboxylic acids is 1. The molecule has 5 heteroatoms. The fraction of sp³-hybridized carbons (Fsp3) is 0.600. The zero-order chi connectivity index (χ0) is 11.0. The zero-order valence-electron chi connectivity index (χ0n) is 8.53. The average Bonchev–Trinajstić information content (AvgIpc) is 2.43. The van der Waals surface area contributed by atoms with Crippen LogP contribution in [0.5, 0.6) is 0 Å². The standard InChI is InChI=1S/C10H13BrN2O2/c1-13-10(11)9-6(5-8(14)15)3-2-4-7(9)12-13/h6H,2-5H2,1H3,(H,14,15). The van der Waals surface area contributed by atoms with Gasteiger partial charge in [-0.2, -0.15) is 5.10 Å². The number of hydrogen-bond acceptors (Lipinski definition) is 2. The highest BCUT2D eigenvalue weighted by Crippen LogP contribution is 2.38. The number of halogens is 1. The molecule has 1 N–H and O–H groups in total. The van der Waals surface area contributed by atoms with E-state index in [1.807, 2.05) is 7.05 Å². The summed E-state index contributed by atoms with van der Waals surface area (Å²) < 4.78 is 2.72. The molecule has 0 spiro atoms. The number of carbonyl (C=O) groups is 1. The molecule has 82 valence electrons. The molecule has 0 aliphatic heterocycles. The summed E-state index contributed by atoms with van der Waals surface area (Å²) in [5.74, 6) is -0.613. The Morgan fingerprint density at radius 2 is 2.47 bits per heavy atom. The summed E-state index contributed by atoms with van der Waals surface area (Å²) in [5.41, 5.74) is 2.16. The molecule has 1 aliphatic carbocycles. The molecular formula is C10H13BrN2O2. The third-order valence-electron chi connectivity index (χ3n) is 2.88. The predicted octanol–water partition coefficient (Wildman–Crippen LogP) is 2.08. The van der Waals surface area contributed by atoms with Crippen molar-refractivity contribution in [2.45, 2.75) is 31.6 Å². The smallest absolute Gasteiger partial charge is 0.303 e. The Hall–Kier alpha value is -0.840. The number of nitrogens with zero attached hydrogens (tertiary/aromatic N) is 2. The Kier molecular flexibility index (Phi) is 2.82. The second-order valence-electron chi connectivity index (χ2n) is 3.96. The molecule has 1 aromatic heterocycles. The van der Waals surface area contributed by atoms with E-state index in [0.29, 0.717) is 0 Å². The Morgan fingerprint density at radius 3 is 3.13 bits per heavy atom. The van der Waals surface area contributed by atoms with Gasteiger partial charge in [-0.25, -0.2) is 0 Å². The van der Waals surface area contributed by atoms with Crippen LogP contribution in [0.2, 0.25) is 0 Å². The second-order valence-corrected chi connectivity index (χ2v) is 4.71. The maximum atomic E-state index is 10.8. The Bertz CT molecular complexity index is 400. The number of rotatable bonds is 2. The minimum atomic E-state index is -0.733. The number of aryl methyl sites for hydroxylation is 2. The normalized spacial score (nSPS) is 20.0. The van der Waals surface area contributed by atoms with E-state index in [2.05, 4.69) is 21.0 Å². The minimum absolute atomic E-state index is 0.120. The van der Waals surface area contributed by atoms with Crippen molar-refractivity contribution in [2.24, 2.45) is 7.05 Å². The molecule has 0 fully saturated rings. The summed E-state index contributed by atoms with van der Waals surface area (Å²) in [5, 5.41) is 13.2. The van der Waals surface area contributed by atoms with Gasteiger partial charge in [0, 0.05) is 12.6 Å². The molecule has 0 bridgehead atoms. The Labute approximate surface area is 96.4 Å². The number of fused-ring (bicyclic) bond motifs is 1. The van der Waals surface area contributed by atoms with Gasteiger partial charge in [0.05, 0.1) is 12.1 Å². The summed E-state index contributed by atoms with van der Waals surface area (Å²) in [6.07, 6.45) is 3.15. The molecule has 1 aromatic rings. The summed E-state index contributed by atoms with van der Waals surface area (Å²) in [4.78, 5) is 10.8. The Balaban J connectivity index is 2.36. The highest BCUT2D eigenvalue weighted by Gasteiger charge is 2.28. The van der Waals surface area contributed by atoms with Gasteiger partial charge in [0.1, 0.15) is 4.60 Å². The van der Waals surface area contributed by atoms with Gasteiger partial charge in [0.15, 0.2) is 0 Å². The van der Waals surface area contributed by atoms with Gasteiger partial charge in [0.2, 0.25) is 0 Å². The lowest BCUT2D eigenvalue weighted by Gasteiger charge is -2.20. The molecule has 1 aliphatic rings. The predicted molar refractivity (Wildman–Crippen MR) is 58.8 cm³/mol. The fourth-order valence-electron chi connectivity index (χ4n) is 2.24. The van der Waals surface area contributed by atoms with Crippen molar-refractivity contribution in [3.8, 4) is 0 Å². The molecule has 0 saturated heterocycles. The van der Waals surface area contributed by atoms with Crippen molar-refractivity contribution < 1.29 is 9.90 Å². The number of carboxylic acids is 1. The van der Waals surface area contributed by atoms with Gasteiger partial charge in [-0.3, -0.25) is 9.48 Å². The fourth-order valence-corrected chi connectivity index (χ4v) is 2.87. The largest absolute Gasteiger partial charge is 0.481 e. The van der Waals surface area contributed by atoms with Crippen LogP contribution in [0, 0.1) is 0 Å². The van der Waals surface area contributed by atoms with Gasteiger partial charge in [-0.1, -0.05) is 0 Å². The maximum Gasteiger partial charge on any atom is 0.303 e. The van der Waals surface area contributed by atoms with Crippen molar-refractivity contribution in [1.82, 2.24) is 9.78 Å². The van der Waals surface area contributed by atoms with Crippen molar-refractivity contribution in [3.63, 3.8) is 0 Å². The van der Waals surface area contributed by atoms with Crippen molar-refractivity contribution in [2.75, 3.05) is 0 Å². The first-order chi connectivity index (χ1) is 7.09. The maximum absolute atomic E-state index is 10.8. The quantitative estimate of drug-likeness (QED) is 0.897. The molecule has 0 aromatic carbocycles. The molecule has 1 heterocycles. The van der Waals surface area contributed by atoms with E-state index < -0.39 is 5.97 Å². The van der Waals surface area contributed by atoms with Crippen molar-refractivity contribution >= 4 is 21.9 Å². The average molecular weight is 273 g/mol. The van der Waals surface area contributed by atoms with Crippen LogP contribution < -0.4 is 0 Å². The summed E-state index contributed by atoms with van der Waals surface area (Å²) in [6.45, 7) is 0. The molecule has 2 rings (SSSR count). The van der Waals surface area contributed by atoms with Gasteiger partial charge in [-0.05, 0) is 41.1 Å². The first kappa shape index (κ1) is 10.7. The van der Waals surface area contributed by atoms with Crippen LogP contribution in [-0.2, 0) is 18.3 Å². The van der Waals surface area contributed by atoms with E-state index in [1.165, 1.54) is 0 Å². The zero-order valence-corrected chi connectivity index (χ0v) is 10.1. The molecular weight excluding hydrogens is 260 g/mol. The highest BCUT2D eigenvalue weighted by molar-refractivity contribution is 9.10. The lowest BCUT2D eigenvalue weighted by molar-refractivity contribution is -0.137. The van der Waals surface area contributed by atoms with Crippen LogP contribution >= 0.6 is 15.9 Å². The second kappa shape index (κ2) is 3.96. The summed E-state index contributed by atoms with van der Waals surface area (Å²) >= 11 is 3.47. The minimum Gasteiger partial charge on any atom is -0.481 e. The highest BCUT2D eigenvalue weighted by atomic mass is 79.9. The van der Waals surface area contributed by atoms with Crippen LogP contribution in [0.4, 0.5) is 0 Å². The van der Waals surface area contributed by atoms with Crippen LogP contribution in [-0.4, -0.2) is 20.9 Å². The van der Waals surface area contributed by atoms with E-state index in [1.54, 1.807) is 4.68 Å². The number of hydrogen-bond donors (Lipinski definition) is 1. The van der Waals surface area contributed by atoms with Gasteiger partial charge < -0.3 is 5.11 Å². The number of carboxylic acid groups (broad SMARTS) is 1. The molecule has 4 nitrogen and oxygen atoms in total. The lowest BCUT2D eigenvalue weighted by atomic mass is 9.85. The third kappa shape index (κ3) is 1.93. The number of aromatic nitrogens is 2. The van der Waals surface area contributed by atoms with E-state index in [0.717, 1.165) is 35.1 Å². The molecule has 0 saturated carbocycles. The molecule has 0 radical (unpaired) electrons. The first-order valence-corrected chi connectivity index (χ1v) is 5.82. The summed E-state index contributed by atoms with van der Waals surface area (Å²) in [7, 11) is 1.88. The molecule has 1 unspecified atom stereocenters. The topological polar surface area (TPSA) is 55.1 Å². The molecule has 15 heavy (non-hydrogen) atoms. The third-order valence-corrected chi connectivity index (χ3v) is 3.82.